The van der Waals surface area contributed by atoms with Crippen LogP contribution in [0.5, 0.6) is 0 Å². The lowest BCUT2D eigenvalue weighted by atomic mass is 10.2. The predicted molar refractivity (Wildman–Crippen MR) is 106 cm³/mol. The second-order valence-corrected chi connectivity index (χ2v) is 6.74. The van der Waals surface area contributed by atoms with E-state index < -0.39 is 0 Å². The van der Waals surface area contributed by atoms with Gasteiger partial charge < -0.3 is 5.32 Å². The van der Waals surface area contributed by atoms with Crippen molar-refractivity contribution in [1.82, 2.24) is 9.78 Å². The average molecular weight is 370 g/mol. The van der Waals surface area contributed by atoms with Crippen LogP contribution in [0.4, 0.5) is 5.69 Å². The third-order valence-electron chi connectivity index (χ3n) is 4.01. The van der Waals surface area contributed by atoms with Gasteiger partial charge in [-0.15, -0.1) is 11.3 Å². The summed E-state index contributed by atoms with van der Waals surface area (Å²) in [6.45, 7) is 0. The lowest BCUT2D eigenvalue weighted by molar-refractivity contribution is 0.102. The summed E-state index contributed by atoms with van der Waals surface area (Å²) in [5.74, 6) is -0.245. The van der Waals surface area contributed by atoms with E-state index in [-0.39, 0.29) is 5.91 Å². The van der Waals surface area contributed by atoms with Crippen molar-refractivity contribution < 1.29 is 4.79 Å². The number of rotatable bonds is 4. The number of nitriles is 1. The maximum Gasteiger partial charge on any atom is 0.259 e. The number of aromatic nitrogens is 2. The summed E-state index contributed by atoms with van der Waals surface area (Å²) >= 11 is 1.54. The van der Waals surface area contributed by atoms with Gasteiger partial charge in [0, 0.05) is 11.9 Å². The molecule has 0 fully saturated rings. The Bertz CT molecular complexity index is 1110. The number of amides is 1. The molecule has 0 saturated carbocycles. The molecule has 1 amide bonds. The number of benzene rings is 2. The van der Waals surface area contributed by atoms with Gasteiger partial charge in [0.2, 0.25) is 0 Å². The molecular formula is C21H14N4OS. The van der Waals surface area contributed by atoms with Gasteiger partial charge in [-0.1, -0.05) is 24.3 Å². The van der Waals surface area contributed by atoms with Crippen molar-refractivity contribution in [3.05, 3.63) is 89.4 Å². The number of carbonyl (C=O) groups excluding carboxylic acids is 1. The summed E-state index contributed by atoms with van der Waals surface area (Å²) in [5, 5.41) is 18.4. The van der Waals surface area contributed by atoms with Crippen molar-refractivity contribution in [2.45, 2.75) is 0 Å². The molecule has 0 atom stereocenters. The van der Waals surface area contributed by atoms with Crippen LogP contribution in [0, 0.1) is 11.3 Å². The molecule has 0 unspecified atom stereocenters. The first-order valence-electron chi connectivity index (χ1n) is 8.25. The van der Waals surface area contributed by atoms with Crippen molar-refractivity contribution in [3.8, 4) is 22.3 Å². The Kier molecular flexibility index (Phi) is 4.52. The summed E-state index contributed by atoms with van der Waals surface area (Å²) < 4.78 is 1.71. The molecule has 0 aliphatic heterocycles. The van der Waals surface area contributed by atoms with Crippen LogP contribution in [0.25, 0.3) is 16.3 Å². The SMILES string of the molecule is N#Cc1ccc(NC(=O)c2cn(-c3ccccc3)nc2-c2cccs2)cc1. The predicted octanol–water partition coefficient (Wildman–Crippen LogP) is 4.72. The number of anilines is 1. The standard InChI is InChI=1S/C21H14N4OS/c22-13-15-8-10-16(11-9-15)23-21(26)18-14-25(17-5-2-1-3-6-17)24-20(18)19-7-4-12-27-19/h1-12,14H,(H,23,26). The minimum Gasteiger partial charge on any atom is -0.322 e. The number of hydrogen-bond donors (Lipinski definition) is 1. The number of nitrogens with one attached hydrogen (secondary N) is 1. The first-order chi connectivity index (χ1) is 13.2. The van der Waals surface area contributed by atoms with Crippen molar-refractivity contribution in [2.75, 3.05) is 5.32 Å². The highest BCUT2D eigenvalue weighted by Crippen LogP contribution is 2.28. The Hall–Kier alpha value is -3.69. The highest BCUT2D eigenvalue weighted by Gasteiger charge is 2.19. The molecule has 0 aliphatic carbocycles. The zero-order chi connectivity index (χ0) is 18.6. The highest BCUT2D eigenvalue weighted by molar-refractivity contribution is 7.13. The lowest BCUT2D eigenvalue weighted by Crippen LogP contribution is -2.12. The van der Waals surface area contributed by atoms with Gasteiger partial charge in [0.25, 0.3) is 5.91 Å². The Morgan fingerprint density at radius 2 is 1.81 bits per heavy atom. The van der Waals surface area contributed by atoms with Crippen LogP contribution in [0.2, 0.25) is 0 Å². The highest BCUT2D eigenvalue weighted by atomic mass is 32.1. The zero-order valence-corrected chi connectivity index (χ0v) is 15.0. The topological polar surface area (TPSA) is 70.7 Å². The van der Waals surface area contributed by atoms with Gasteiger partial charge in [0.1, 0.15) is 5.69 Å². The van der Waals surface area contributed by atoms with Gasteiger partial charge in [-0.05, 0) is 47.8 Å². The maximum atomic E-state index is 12.9. The molecule has 27 heavy (non-hydrogen) atoms. The normalized spacial score (nSPS) is 10.3. The molecule has 0 bridgehead atoms. The van der Waals surface area contributed by atoms with Gasteiger partial charge >= 0.3 is 0 Å². The summed E-state index contributed by atoms with van der Waals surface area (Å²) in [6, 6.07) is 22.4. The van der Waals surface area contributed by atoms with Gasteiger partial charge in [-0.25, -0.2) is 4.68 Å². The smallest absolute Gasteiger partial charge is 0.259 e. The molecule has 130 valence electrons. The molecule has 0 aliphatic rings. The van der Waals surface area contributed by atoms with E-state index in [1.54, 1.807) is 35.1 Å². The molecule has 0 spiro atoms. The van der Waals surface area contributed by atoms with E-state index in [9.17, 15) is 4.79 Å². The fourth-order valence-electron chi connectivity index (χ4n) is 2.67. The monoisotopic (exact) mass is 370 g/mol. The van der Waals surface area contributed by atoms with E-state index in [4.69, 9.17) is 5.26 Å². The van der Waals surface area contributed by atoms with Gasteiger partial charge in [-0.2, -0.15) is 10.4 Å². The number of para-hydroxylation sites is 1. The molecule has 4 aromatic rings. The molecule has 5 nitrogen and oxygen atoms in total. The average Bonchev–Trinajstić information content (AvgIpc) is 3.39. The molecule has 6 heteroatoms. The van der Waals surface area contributed by atoms with Gasteiger partial charge in [0.05, 0.1) is 27.8 Å². The Labute approximate surface area is 160 Å². The molecule has 2 heterocycles. The fourth-order valence-corrected chi connectivity index (χ4v) is 3.40. The number of carbonyl (C=O) groups is 1. The lowest BCUT2D eigenvalue weighted by Gasteiger charge is -2.04. The van der Waals surface area contributed by atoms with Crippen molar-refractivity contribution in [2.24, 2.45) is 0 Å². The number of thiophene rings is 1. The van der Waals surface area contributed by atoms with E-state index in [1.807, 2.05) is 47.8 Å². The molecule has 0 radical (unpaired) electrons. The fraction of sp³-hybridized carbons (Fsp3) is 0. The van der Waals surface area contributed by atoms with Crippen molar-refractivity contribution in [1.29, 1.82) is 5.26 Å². The van der Waals surface area contributed by atoms with Crippen molar-refractivity contribution in [3.63, 3.8) is 0 Å². The van der Waals surface area contributed by atoms with Crippen LogP contribution < -0.4 is 5.32 Å². The molecule has 2 aromatic heterocycles. The van der Waals surface area contributed by atoms with E-state index >= 15 is 0 Å². The van der Waals surface area contributed by atoms with Crippen molar-refractivity contribution >= 4 is 22.9 Å². The van der Waals surface area contributed by atoms with E-state index in [2.05, 4.69) is 16.5 Å². The molecule has 0 saturated heterocycles. The first-order valence-corrected chi connectivity index (χ1v) is 9.13. The third-order valence-corrected chi connectivity index (χ3v) is 4.88. The quantitative estimate of drug-likeness (QED) is 0.565. The molecular weight excluding hydrogens is 356 g/mol. The van der Waals surface area contributed by atoms with Crippen LogP contribution in [0.15, 0.2) is 78.3 Å². The van der Waals surface area contributed by atoms with Crippen LogP contribution in [0.3, 0.4) is 0 Å². The van der Waals surface area contributed by atoms with Crippen LogP contribution in [-0.4, -0.2) is 15.7 Å². The molecule has 1 N–H and O–H groups in total. The minimum absolute atomic E-state index is 0.245. The Morgan fingerprint density at radius 3 is 2.48 bits per heavy atom. The maximum absolute atomic E-state index is 12.9. The Morgan fingerprint density at radius 1 is 1.04 bits per heavy atom. The summed E-state index contributed by atoms with van der Waals surface area (Å²) in [4.78, 5) is 13.8. The van der Waals surface area contributed by atoms with Crippen LogP contribution in [-0.2, 0) is 0 Å². The summed E-state index contributed by atoms with van der Waals surface area (Å²) in [5.41, 5.74) is 3.19. The van der Waals surface area contributed by atoms with Crippen LogP contribution in [0.1, 0.15) is 15.9 Å². The summed E-state index contributed by atoms with van der Waals surface area (Å²) in [6.07, 6.45) is 1.74. The van der Waals surface area contributed by atoms with Gasteiger partial charge in [0.15, 0.2) is 0 Å². The third kappa shape index (κ3) is 3.50. The van der Waals surface area contributed by atoms with E-state index in [0.29, 0.717) is 22.5 Å². The second-order valence-electron chi connectivity index (χ2n) is 5.79. The van der Waals surface area contributed by atoms with Gasteiger partial charge in [-0.3, -0.25) is 4.79 Å². The minimum atomic E-state index is -0.245. The second kappa shape index (κ2) is 7.28. The number of hydrogen-bond acceptors (Lipinski definition) is 4. The van der Waals surface area contributed by atoms with E-state index in [0.717, 1.165) is 10.6 Å². The Balaban J connectivity index is 1.70. The first kappa shape index (κ1) is 16.8. The van der Waals surface area contributed by atoms with E-state index in [1.165, 1.54) is 11.3 Å². The molecule has 4 rings (SSSR count). The van der Waals surface area contributed by atoms with Crippen LogP contribution >= 0.6 is 11.3 Å². The zero-order valence-electron chi connectivity index (χ0n) is 14.2. The largest absolute Gasteiger partial charge is 0.322 e. The molecule has 2 aromatic carbocycles. The summed E-state index contributed by atoms with van der Waals surface area (Å²) in [7, 11) is 0. The number of nitrogens with zero attached hydrogens (tertiary/aromatic N) is 3.